The summed E-state index contributed by atoms with van der Waals surface area (Å²) in [6, 6.07) is 1.97. The lowest BCUT2D eigenvalue weighted by molar-refractivity contribution is 0.985. The summed E-state index contributed by atoms with van der Waals surface area (Å²) in [6.45, 7) is 2.10. The van der Waals surface area contributed by atoms with Gasteiger partial charge in [-0.05, 0) is 18.1 Å². The van der Waals surface area contributed by atoms with E-state index in [1.54, 1.807) is 6.20 Å². The molecule has 0 saturated heterocycles. The van der Waals surface area contributed by atoms with E-state index < -0.39 is 0 Å². The molecule has 3 nitrogen and oxygen atoms in total. The van der Waals surface area contributed by atoms with Gasteiger partial charge in [-0.3, -0.25) is 0 Å². The van der Waals surface area contributed by atoms with Crippen LogP contribution in [0, 0.1) is 0 Å². The molecule has 0 aliphatic rings. The van der Waals surface area contributed by atoms with E-state index in [2.05, 4.69) is 22.4 Å². The fourth-order valence-corrected chi connectivity index (χ4v) is 0.853. The van der Waals surface area contributed by atoms with Gasteiger partial charge in [-0.2, -0.15) is 5.10 Å². The molecule has 0 radical (unpaired) electrons. The lowest BCUT2D eigenvalue weighted by Crippen LogP contribution is -1.98. The van der Waals surface area contributed by atoms with Crippen LogP contribution in [0.5, 0.6) is 0 Å². The van der Waals surface area contributed by atoms with Crippen molar-refractivity contribution in [2.75, 3.05) is 12.4 Å². The Labute approximate surface area is 60.5 Å². The van der Waals surface area contributed by atoms with E-state index in [0.29, 0.717) is 0 Å². The van der Waals surface area contributed by atoms with Crippen LogP contribution in [-0.4, -0.2) is 17.2 Å². The van der Waals surface area contributed by atoms with Gasteiger partial charge in [-0.15, -0.1) is 5.10 Å². The van der Waals surface area contributed by atoms with Gasteiger partial charge in [0.15, 0.2) is 5.82 Å². The Bertz CT molecular complexity index is 187. The highest BCUT2D eigenvalue weighted by Gasteiger charge is 1.96. The zero-order valence-corrected chi connectivity index (χ0v) is 6.26. The van der Waals surface area contributed by atoms with Gasteiger partial charge in [0.25, 0.3) is 0 Å². The van der Waals surface area contributed by atoms with Gasteiger partial charge in [0.1, 0.15) is 0 Å². The summed E-state index contributed by atoms with van der Waals surface area (Å²) in [5.41, 5.74) is 1.21. The van der Waals surface area contributed by atoms with Crippen LogP contribution in [0.4, 0.5) is 5.82 Å². The second-order valence-corrected chi connectivity index (χ2v) is 2.01. The van der Waals surface area contributed by atoms with Crippen LogP contribution < -0.4 is 5.32 Å². The number of nitrogens with zero attached hydrogens (tertiary/aromatic N) is 2. The Balaban J connectivity index is 2.96. The van der Waals surface area contributed by atoms with E-state index in [9.17, 15) is 0 Å². The highest BCUT2D eigenvalue weighted by Crippen LogP contribution is 2.08. The molecule has 0 bridgehead atoms. The van der Waals surface area contributed by atoms with Crippen molar-refractivity contribution < 1.29 is 0 Å². The Hall–Kier alpha value is -1.12. The molecule has 3 heteroatoms. The van der Waals surface area contributed by atoms with E-state index >= 15 is 0 Å². The summed E-state index contributed by atoms with van der Waals surface area (Å²) in [4.78, 5) is 0. The van der Waals surface area contributed by atoms with Gasteiger partial charge in [-0.25, -0.2) is 0 Å². The van der Waals surface area contributed by atoms with Crippen LogP contribution in [0.1, 0.15) is 12.5 Å². The quantitative estimate of drug-likeness (QED) is 0.662. The Kier molecular flexibility index (Phi) is 2.20. The molecule has 0 amide bonds. The molecule has 0 spiro atoms. The number of rotatable bonds is 2. The number of aromatic nitrogens is 2. The average molecular weight is 137 g/mol. The lowest BCUT2D eigenvalue weighted by atomic mass is 10.2. The Morgan fingerprint density at radius 3 is 2.90 bits per heavy atom. The maximum absolute atomic E-state index is 3.91. The van der Waals surface area contributed by atoms with E-state index in [0.717, 1.165) is 12.2 Å². The summed E-state index contributed by atoms with van der Waals surface area (Å²) in [5.74, 6) is 0.880. The molecule has 0 atom stereocenters. The molecule has 0 fully saturated rings. The molecule has 0 aromatic carbocycles. The van der Waals surface area contributed by atoms with Crippen LogP contribution in [0.2, 0.25) is 0 Å². The maximum Gasteiger partial charge on any atom is 0.151 e. The summed E-state index contributed by atoms with van der Waals surface area (Å²) in [7, 11) is 1.85. The van der Waals surface area contributed by atoms with E-state index in [1.807, 2.05) is 13.1 Å². The molecule has 0 aliphatic carbocycles. The number of anilines is 1. The smallest absolute Gasteiger partial charge is 0.151 e. The van der Waals surface area contributed by atoms with Crippen molar-refractivity contribution >= 4 is 5.82 Å². The first-order valence-corrected chi connectivity index (χ1v) is 3.36. The minimum Gasteiger partial charge on any atom is -0.371 e. The van der Waals surface area contributed by atoms with Crippen molar-refractivity contribution in [3.8, 4) is 0 Å². The molecule has 54 valence electrons. The molecule has 1 aromatic rings. The predicted molar refractivity (Wildman–Crippen MR) is 41.0 cm³/mol. The van der Waals surface area contributed by atoms with Crippen molar-refractivity contribution in [3.05, 3.63) is 17.8 Å². The van der Waals surface area contributed by atoms with Gasteiger partial charge < -0.3 is 5.32 Å². The second-order valence-electron chi connectivity index (χ2n) is 2.01. The number of hydrogen-bond donors (Lipinski definition) is 1. The summed E-state index contributed by atoms with van der Waals surface area (Å²) in [6.07, 6.45) is 2.70. The normalized spacial score (nSPS) is 9.40. The van der Waals surface area contributed by atoms with E-state index in [1.165, 1.54) is 5.56 Å². The van der Waals surface area contributed by atoms with Crippen molar-refractivity contribution in [1.29, 1.82) is 0 Å². The number of aryl methyl sites for hydroxylation is 1. The Morgan fingerprint density at radius 1 is 1.60 bits per heavy atom. The highest BCUT2D eigenvalue weighted by molar-refractivity contribution is 5.41. The molecule has 0 saturated carbocycles. The fraction of sp³-hybridized carbons (Fsp3) is 0.429. The van der Waals surface area contributed by atoms with Crippen molar-refractivity contribution in [2.24, 2.45) is 0 Å². The van der Waals surface area contributed by atoms with Gasteiger partial charge in [0.2, 0.25) is 0 Å². The molecule has 0 unspecified atom stereocenters. The third-order valence-corrected chi connectivity index (χ3v) is 1.42. The molecular weight excluding hydrogens is 126 g/mol. The molecule has 1 heterocycles. The summed E-state index contributed by atoms with van der Waals surface area (Å²) < 4.78 is 0. The first-order valence-electron chi connectivity index (χ1n) is 3.36. The lowest BCUT2D eigenvalue weighted by Gasteiger charge is -2.01. The molecule has 0 aliphatic heterocycles. The first kappa shape index (κ1) is 6.99. The molecular formula is C7H11N3. The third kappa shape index (κ3) is 1.23. The summed E-state index contributed by atoms with van der Waals surface area (Å²) in [5, 5.41) is 10.6. The van der Waals surface area contributed by atoms with Crippen LogP contribution >= 0.6 is 0 Å². The van der Waals surface area contributed by atoms with E-state index in [4.69, 9.17) is 0 Å². The van der Waals surface area contributed by atoms with Crippen LogP contribution in [0.25, 0.3) is 0 Å². The topological polar surface area (TPSA) is 37.8 Å². The monoisotopic (exact) mass is 137 g/mol. The van der Waals surface area contributed by atoms with Crippen molar-refractivity contribution in [1.82, 2.24) is 10.2 Å². The van der Waals surface area contributed by atoms with Gasteiger partial charge in [0.05, 0.1) is 6.20 Å². The molecule has 1 N–H and O–H groups in total. The maximum atomic E-state index is 3.91. The highest BCUT2D eigenvalue weighted by atomic mass is 15.2. The molecule has 10 heavy (non-hydrogen) atoms. The van der Waals surface area contributed by atoms with Gasteiger partial charge in [-0.1, -0.05) is 6.92 Å². The fourth-order valence-electron chi connectivity index (χ4n) is 0.853. The standard InChI is InChI=1S/C7H11N3/c1-3-6-4-5-9-10-7(6)8-2/h4-5H,3H2,1-2H3,(H,8,10). The van der Waals surface area contributed by atoms with E-state index in [-0.39, 0.29) is 0 Å². The number of hydrogen-bond acceptors (Lipinski definition) is 3. The SMILES string of the molecule is CCc1ccnnc1NC. The third-order valence-electron chi connectivity index (χ3n) is 1.42. The average Bonchev–Trinajstić information content (AvgIpc) is 2.04. The zero-order valence-electron chi connectivity index (χ0n) is 6.26. The molecule has 1 rings (SSSR count). The van der Waals surface area contributed by atoms with Crippen LogP contribution in [0.15, 0.2) is 12.3 Å². The largest absolute Gasteiger partial charge is 0.371 e. The van der Waals surface area contributed by atoms with Crippen LogP contribution in [-0.2, 0) is 6.42 Å². The minimum atomic E-state index is 0.880. The first-order chi connectivity index (χ1) is 4.88. The zero-order chi connectivity index (χ0) is 7.40. The minimum absolute atomic E-state index is 0.880. The predicted octanol–water partition coefficient (Wildman–Crippen LogP) is 1.08. The summed E-state index contributed by atoms with van der Waals surface area (Å²) >= 11 is 0. The molecule has 1 aromatic heterocycles. The number of nitrogens with one attached hydrogen (secondary N) is 1. The van der Waals surface area contributed by atoms with Crippen LogP contribution in [0.3, 0.4) is 0 Å². The Morgan fingerprint density at radius 2 is 2.40 bits per heavy atom. The van der Waals surface area contributed by atoms with Gasteiger partial charge in [0, 0.05) is 7.05 Å². The second kappa shape index (κ2) is 3.15. The van der Waals surface area contributed by atoms with Gasteiger partial charge >= 0.3 is 0 Å². The van der Waals surface area contributed by atoms with Crippen molar-refractivity contribution in [2.45, 2.75) is 13.3 Å². The van der Waals surface area contributed by atoms with Crippen molar-refractivity contribution in [3.63, 3.8) is 0 Å².